The molecule has 1 atom stereocenters. The molecule has 1 rings (SSSR count). The van der Waals surface area contributed by atoms with Crippen LogP contribution in [0.15, 0.2) is 18.3 Å². The summed E-state index contributed by atoms with van der Waals surface area (Å²) in [6.45, 7) is 6.87. The number of pyridine rings is 1. The summed E-state index contributed by atoms with van der Waals surface area (Å²) >= 11 is 0. The number of hydrogen-bond donors (Lipinski definition) is 1. The van der Waals surface area contributed by atoms with Gasteiger partial charge in [0.1, 0.15) is 17.2 Å². The Morgan fingerprint density at radius 2 is 2.00 bits per heavy atom. The highest BCUT2D eigenvalue weighted by atomic mass is 16.6. The first-order valence-electron chi connectivity index (χ1n) is 6.27. The topological polar surface area (TPSA) is 77.5 Å². The van der Waals surface area contributed by atoms with Gasteiger partial charge in [0.05, 0.1) is 7.11 Å². The van der Waals surface area contributed by atoms with Crippen molar-refractivity contribution in [1.82, 2.24) is 10.3 Å². The van der Waals surface area contributed by atoms with Crippen LogP contribution >= 0.6 is 0 Å². The summed E-state index contributed by atoms with van der Waals surface area (Å²) in [5, 5.41) is 2.56. The van der Waals surface area contributed by atoms with Crippen molar-refractivity contribution in [3.8, 4) is 5.88 Å². The number of hydrogen-bond acceptors (Lipinski definition) is 5. The number of methoxy groups -OCH3 is 1. The van der Waals surface area contributed by atoms with Gasteiger partial charge in [-0.3, -0.25) is 4.79 Å². The average molecular weight is 280 g/mol. The number of nitrogens with zero attached hydrogens (tertiary/aromatic N) is 1. The number of nitrogens with one attached hydrogen (secondary N) is 1. The van der Waals surface area contributed by atoms with E-state index in [0.717, 1.165) is 0 Å². The van der Waals surface area contributed by atoms with Crippen molar-refractivity contribution < 1.29 is 19.1 Å². The summed E-state index contributed by atoms with van der Waals surface area (Å²) in [7, 11) is 1.43. The Morgan fingerprint density at radius 3 is 2.55 bits per heavy atom. The number of aromatic nitrogens is 1. The highest BCUT2D eigenvalue weighted by Crippen LogP contribution is 2.14. The van der Waals surface area contributed by atoms with Crippen molar-refractivity contribution in [3.05, 3.63) is 23.9 Å². The van der Waals surface area contributed by atoms with E-state index in [4.69, 9.17) is 9.47 Å². The van der Waals surface area contributed by atoms with E-state index in [2.05, 4.69) is 10.3 Å². The van der Waals surface area contributed by atoms with Gasteiger partial charge >= 0.3 is 5.97 Å². The fourth-order valence-electron chi connectivity index (χ4n) is 1.45. The molecule has 1 amide bonds. The molecule has 1 aromatic heterocycles. The number of esters is 1. The fourth-order valence-corrected chi connectivity index (χ4v) is 1.45. The third kappa shape index (κ3) is 4.53. The number of rotatable bonds is 4. The molecule has 110 valence electrons. The van der Waals surface area contributed by atoms with Gasteiger partial charge in [0.25, 0.3) is 5.91 Å². The second-order valence-electron chi connectivity index (χ2n) is 5.29. The van der Waals surface area contributed by atoms with E-state index in [1.54, 1.807) is 39.8 Å². The van der Waals surface area contributed by atoms with Gasteiger partial charge in [-0.1, -0.05) is 0 Å². The predicted octanol–water partition coefficient (Wildman–Crippen LogP) is 1.55. The molecule has 0 aromatic carbocycles. The predicted molar refractivity (Wildman–Crippen MR) is 73.6 cm³/mol. The van der Waals surface area contributed by atoms with E-state index >= 15 is 0 Å². The Morgan fingerprint density at radius 1 is 1.35 bits per heavy atom. The van der Waals surface area contributed by atoms with Crippen LogP contribution in [-0.2, 0) is 9.53 Å². The minimum atomic E-state index is -0.758. The Balaban J connectivity index is 2.73. The first-order chi connectivity index (χ1) is 9.24. The van der Waals surface area contributed by atoms with Gasteiger partial charge in [0.2, 0.25) is 5.88 Å². The van der Waals surface area contributed by atoms with Crippen molar-refractivity contribution in [3.63, 3.8) is 0 Å². The largest absolute Gasteiger partial charge is 0.480 e. The monoisotopic (exact) mass is 280 g/mol. The van der Waals surface area contributed by atoms with Gasteiger partial charge in [0.15, 0.2) is 0 Å². The SMILES string of the molecule is COc1ncccc1C(=O)N[C@@H](C)C(=O)OC(C)(C)C. The zero-order valence-electron chi connectivity index (χ0n) is 12.4. The van der Waals surface area contributed by atoms with Gasteiger partial charge in [-0.2, -0.15) is 0 Å². The van der Waals surface area contributed by atoms with Gasteiger partial charge < -0.3 is 14.8 Å². The summed E-state index contributed by atoms with van der Waals surface area (Å²) in [5.41, 5.74) is -0.326. The Labute approximate surface area is 118 Å². The molecular formula is C14H20N2O4. The molecule has 6 heteroatoms. The molecule has 0 aliphatic heterocycles. The van der Waals surface area contributed by atoms with Crippen molar-refractivity contribution in [2.24, 2.45) is 0 Å². The molecule has 0 bridgehead atoms. The van der Waals surface area contributed by atoms with E-state index in [1.165, 1.54) is 13.3 Å². The van der Waals surface area contributed by atoms with E-state index in [9.17, 15) is 9.59 Å². The fraction of sp³-hybridized carbons (Fsp3) is 0.500. The minimum Gasteiger partial charge on any atom is -0.480 e. The molecule has 1 aromatic rings. The molecule has 0 saturated heterocycles. The molecule has 1 heterocycles. The van der Waals surface area contributed by atoms with E-state index in [1.807, 2.05) is 0 Å². The normalized spacial score (nSPS) is 12.4. The maximum Gasteiger partial charge on any atom is 0.328 e. The van der Waals surface area contributed by atoms with Crippen LogP contribution in [0.4, 0.5) is 0 Å². The molecule has 0 saturated carbocycles. The van der Waals surface area contributed by atoms with Gasteiger partial charge in [-0.25, -0.2) is 9.78 Å². The lowest BCUT2D eigenvalue weighted by Crippen LogP contribution is -2.42. The van der Waals surface area contributed by atoms with E-state index in [-0.39, 0.29) is 11.4 Å². The number of carbonyl (C=O) groups excluding carboxylic acids is 2. The highest BCUT2D eigenvalue weighted by Gasteiger charge is 2.24. The smallest absolute Gasteiger partial charge is 0.328 e. The summed E-state index contributed by atoms with van der Waals surface area (Å²) in [6, 6.07) is 2.44. The van der Waals surface area contributed by atoms with Crippen molar-refractivity contribution in [1.29, 1.82) is 0 Å². The van der Waals surface area contributed by atoms with Crippen LogP contribution in [0.25, 0.3) is 0 Å². The van der Waals surface area contributed by atoms with Gasteiger partial charge in [-0.15, -0.1) is 0 Å². The summed E-state index contributed by atoms with van der Waals surface area (Å²) in [4.78, 5) is 27.8. The molecule has 0 unspecified atom stereocenters. The molecule has 0 spiro atoms. The lowest BCUT2D eigenvalue weighted by atomic mass is 10.2. The van der Waals surface area contributed by atoms with Crippen molar-refractivity contribution >= 4 is 11.9 Å². The molecular weight excluding hydrogens is 260 g/mol. The van der Waals surface area contributed by atoms with Crippen LogP contribution in [0.2, 0.25) is 0 Å². The standard InChI is InChI=1S/C14H20N2O4/c1-9(13(18)20-14(2,3)4)16-11(17)10-7-6-8-15-12(10)19-5/h6-9H,1-5H3,(H,16,17)/t9-/m0/s1. The third-order valence-corrected chi connectivity index (χ3v) is 2.32. The van der Waals surface area contributed by atoms with Crippen molar-refractivity contribution in [2.45, 2.75) is 39.3 Å². The number of carbonyl (C=O) groups is 2. The number of ether oxygens (including phenoxy) is 2. The van der Waals surface area contributed by atoms with Crippen LogP contribution in [0.3, 0.4) is 0 Å². The Bertz CT molecular complexity index is 494. The lowest BCUT2D eigenvalue weighted by molar-refractivity contribution is -0.156. The van der Waals surface area contributed by atoms with E-state index < -0.39 is 23.5 Å². The molecule has 0 aliphatic carbocycles. The average Bonchev–Trinajstić information content (AvgIpc) is 2.36. The van der Waals surface area contributed by atoms with Gasteiger partial charge in [0, 0.05) is 6.20 Å². The molecule has 0 radical (unpaired) electrons. The summed E-state index contributed by atoms with van der Waals surface area (Å²) in [6.07, 6.45) is 1.52. The molecule has 20 heavy (non-hydrogen) atoms. The maximum atomic E-state index is 12.1. The summed E-state index contributed by atoms with van der Waals surface area (Å²) < 4.78 is 10.2. The molecule has 1 N–H and O–H groups in total. The van der Waals surface area contributed by atoms with Crippen LogP contribution in [0.5, 0.6) is 5.88 Å². The quantitative estimate of drug-likeness (QED) is 0.847. The molecule has 0 fully saturated rings. The third-order valence-electron chi connectivity index (χ3n) is 2.32. The Kier molecular flexibility index (Phi) is 5.07. The van der Waals surface area contributed by atoms with Gasteiger partial charge in [-0.05, 0) is 39.8 Å². The van der Waals surface area contributed by atoms with Crippen LogP contribution < -0.4 is 10.1 Å². The summed E-state index contributed by atoms with van der Waals surface area (Å²) in [5.74, 6) is -0.719. The lowest BCUT2D eigenvalue weighted by Gasteiger charge is -2.22. The van der Waals surface area contributed by atoms with Crippen LogP contribution in [-0.4, -0.2) is 35.6 Å². The zero-order valence-corrected chi connectivity index (χ0v) is 12.4. The number of amides is 1. The van der Waals surface area contributed by atoms with Crippen LogP contribution in [0.1, 0.15) is 38.1 Å². The zero-order chi connectivity index (χ0) is 15.3. The molecule has 0 aliphatic rings. The van der Waals surface area contributed by atoms with Crippen molar-refractivity contribution in [2.75, 3.05) is 7.11 Å². The second kappa shape index (κ2) is 6.36. The second-order valence-corrected chi connectivity index (χ2v) is 5.29. The minimum absolute atomic E-state index is 0.210. The first kappa shape index (κ1) is 15.9. The maximum absolute atomic E-state index is 12.1. The Hall–Kier alpha value is -2.11. The molecule has 6 nitrogen and oxygen atoms in total. The highest BCUT2D eigenvalue weighted by molar-refractivity contribution is 5.98. The first-order valence-corrected chi connectivity index (χ1v) is 6.27. The van der Waals surface area contributed by atoms with E-state index in [0.29, 0.717) is 0 Å². The van der Waals surface area contributed by atoms with Crippen LogP contribution in [0, 0.1) is 0 Å².